The molecule has 0 N–H and O–H groups in total. The van der Waals surface area contributed by atoms with Gasteiger partial charge in [-0.25, -0.2) is 19.1 Å². The number of piperidine rings is 1. The van der Waals surface area contributed by atoms with E-state index in [1.807, 2.05) is 33.0 Å². The standard InChI is InChI=1S/C26H33N5O4/c1-16-8-10-29(23(32)34-25(2,3)4)15-19(16)30-11-9-17-13-28-22-20(21(17)30)18(12-27)14-31(22)24(33)35-26(5,6)7/h9,11,13-14,16,19H,8,10,15H2,1-7H3/t16-,19+/m1/s1. The lowest BCUT2D eigenvalue weighted by Gasteiger charge is -2.38. The van der Waals surface area contributed by atoms with Gasteiger partial charge in [0.2, 0.25) is 0 Å². The maximum Gasteiger partial charge on any atom is 0.420 e. The molecule has 0 saturated carbocycles. The Hall–Kier alpha value is -3.54. The molecule has 35 heavy (non-hydrogen) atoms. The monoisotopic (exact) mass is 479 g/mol. The molecule has 3 aromatic heterocycles. The number of likely N-dealkylation sites (tertiary alicyclic amines) is 1. The largest absolute Gasteiger partial charge is 0.444 e. The first-order valence-corrected chi connectivity index (χ1v) is 11.9. The van der Waals surface area contributed by atoms with Crippen LogP contribution in [0.1, 0.15) is 66.5 Å². The van der Waals surface area contributed by atoms with E-state index < -0.39 is 17.3 Å². The molecular weight excluding hydrogens is 446 g/mol. The van der Waals surface area contributed by atoms with E-state index in [2.05, 4.69) is 22.5 Å². The summed E-state index contributed by atoms with van der Waals surface area (Å²) in [5.74, 6) is 0.283. The van der Waals surface area contributed by atoms with Gasteiger partial charge >= 0.3 is 12.2 Å². The van der Waals surface area contributed by atoms with E-state index in [1.54, 1.807) is 31.9 Å². The Bertz CT molecular complexity index is 1330. The van der Waals surface area contributed by atoms with E-state index in [9.17, 15) is 14.9 Å². The third-order valence-corrected chi connectivity index (χ3v) is 6.13. The summed E-state index contributed by atoms with van der Waals surface area (Å²) in [4.78, 5) is 31.9. The van der Waals surface area contributed by atoms with Gasteiger partial charge in [0.25, 0.3) is 0 Å². The molecule has 1 aliphatic rings. The predicted molar refractivity (Wildman–Crippen MR) is 132 cm³/mol. The van der Waals surface area contributed by atoms with Gasteiger partial charge in [0.05, 0.1) is 22.5 Å². The van der Waals surface area contributed by atoms with Crippen LogP contribution in [0.2, 0.25) is 0 Å². The van der Waals surface area contributed by atoms with Crippen molar-refractivity contribution in [2.45, 2.75) is 72.1 Å². The van der Waals surface area contributed by atoms with Crippen molar-refractivity contribution in [3.63, 3.8) is 0 Å². The fourth-order valence-corrected chi connectivity index (χ4v) is 4.54. The molecule has 1 fully saturated rings. The highest BCUT2D eigenvalue weighted by molar-refractivity contribution is 6.08. The van der Waals surface area contributed by atoms with Crippen molar-refractivity contribution in [3.8, 4) is 6.07 Å². The number of fused-ring (bicyclic) bond motifs is 3. The Morgan fingerprint density at radius 3 is 2.40 bits per heavy atom. The molecule has 0 spiro atoms. The summed E-state index contributed by atoms with van der Waals surface area (Å²) in [5.41, 5.74) is 0.275. The summed E-state index contributed by atoms with van der Waals surface area (Å²) in [5, 5.41) is 11.4. The summed E-state index contributed by atoms with van der Waals surface area (Å²) in [7, 11) is 0. The zero-order valence-electron chi connectivity index (χ0n) is 21.5. The van der Waals surface area contributed by atoms with Crippen molar-refractivity contribution in [1.29, 1.82) is 5.26 Å². The number of hydrogen-bond donors (Lipinski definition) is 0. The molecule has 0 aromatic carbocycles. The van der Waals surface area contributed by atoms with Crippen LogP contribution in [0, 0.1) is 17.2 Å². The second kappa shape index (κ2) is 8.59. The molecule has 9 heteroatoms. The van der Waals surface area contributed by atoms with Crippen LogP contribution in [0.15, 0.2) is 24.7 Å². The molecule has 9 nitrogen and oxygen atoms in total. The fraction of sp³-hybridized carbons (Fsp3) is 0.538. The smallest absolute Gasteiger partial charge is 0.420 e. The number of pyridine rings is 1. The predicted octanol–water partition coefficient (Wildman–Crippen LogP) is 5.46. The number of carbonyl (C=O) groups excluding carboxylic acids is 2. The fourth-order valence-electron chi connectivity index (χ4n) is 4.54. The molecule has 4 heterocycles. The average Bonchev–Trinajstić information content (AvgIpc) is 3.32. The van der Waals surface area contributed by atoms with Gasteiger partial charge in [-0.1, -0.05) is 6.92 Å². The van der Waals surface area contributed by atoms with Crippen molar-refractivity contribution < 1.29 is 19.1 Å². The van der Waals surface area contributed by atoms with Crippen LogP contribution < -0.4 is 0 Å². The first-order valence-electron chi connectivity index (χ1n) is 11.9. The number of aromatic nitrogens is 3. The first kappa shape index (κ1) is 24.6. The van der Waals surface area contributed by atoms with Gasteiger partial charge in [0.15, 0.2) is 5.65 Å². The minimum atomic E-state index is -0.687. The van der Waals surface area contributed by atoms with Crippen LogP contribution in [0.4, 0.5) is 9.59 Å². The van der Waals surface area contributed by atoms with Gasteiger partial charge in [-0.3, -0.25) is 0 Å². The topological polar surface area (TPSA) is 102 Å². The SMILES string of the molecule is C[C@@H]1CCN(C(=O)OC(C)(C)C)C[C@@H]1n1ccc2cnc3c(c(C#N)cn3C(=O)OC(C)(C)C)c21. The Kier molecular flexibility index (Phi) is 6.04. The number of rotatable bonds is 1. The lowest BCUT2D eigenvalue weighted by atomic mass is 9.93. The molecule has 1 amide bonds. The summed E-state index contributed by atoms with van der Waals surface area (Å²) in [6, 6.07) is 4.14. The van der Waals surface area contributed by atoms with Gasteiger partial charge in [0.1, 0.15) is 17.3 Å². The second-order valence-electron chi connectivity index (χ2n) is 11.2. The third kappa shape index (κ3) is 4.83. The van der Waals surface area contributed by atoms with Gasteiger partial charge in [-0.05, 0) is 59.9 Å². The second-order valence-corrected chi connectivity index (χ2v) is 11.2. The van der Waals surface area contributed by atoms with Crippen LogP contribution in [0.3, 0.4) is 0 Å². The lowest BCUT2D eigenvalue weighted by Crippen LogP contribution is -2.45. The highest BCUT2D eigenvalue weighted by Gasteiger charge is 2.34. The quantitative estimate of drug-likeness (QED) is 0.459. The summed E-state index contributed by atoms with van der Waals surface area (Å²) in [6.07, 6.45) is 5.07. The van der Waals surface area contributed by atoms with E-state index in [0.717, 1.165) is 17.3 Å². The molecule has 0 radical (unpaired) electrons. The van der Waals surface area contributed by atoms with Crippen LogP contribution >= 0.6 is 0 Å². The maximum atomic E-state index is 12.9. The van der Waals surface area contributed by atoms with Crippen LogP contribution in [-0.4, -0.2) is 55.5 Å². The molecule has 0 aliphatic carbocycles. The van der Waals surface area contributed by atoms with Crippen molar-refractivity contribution >= 4 is 34.1 Å². The molecule has 186 valence electrons. The number of amides is 1. The molecule has 3 aromatic rings. The zero-order chi connectivity index (χ0) is 25.7. The van der Waals surface area contributed by atoms with E-state index in [4.69, 9.17) is 9.47 Å². The molecule has 1 saturated heterocycles. The van der Waals surface area contributed by atoms with Crippen molar-refractivity contribution in [1.82, 2.24) is 19.0 Å². The van der Waals surface area contributed by atoms with E-state index >= 15 is 0 Å². The number of hydrogen-bond acceptors (Lipinski definition) is 6. The average molecular weight is 480 g/mol. The van der Waals surface area contributed by atoms with Gasteiger partial charge < -0.3 is 18.9 Å². The van der Waals surface area contributed by atoms with Crippen molar-refractivity contribution in [3.05, 3.63) is 30.2 Å². The Labute approximate surface area is 205 Å². The number of nitrogens with zero attached hydrogens (tertiary/aromatic N) is 5. The van der Waals surface area contributed by atoms with Crippen LogP contribution in [-0.2, 0) is 9.47 Å². The Balaban J connectivity index is 1.80. The number of carbonyl (C=O) groups is 2. The summed E-state index contributed by atoms with van der Waals surface area (Å²) < 4.78 is 14.6. The molecule has 1 aliphatic heterocycles. The third-order valence-electron chi connectivity index (χ3n) is 6.13. The Morgan fingerprint density at radius 2 is 1.77 bits per heavy atom. The summed E-state index contributed by atoms with van der Waals surface area (Å²) >= 11 is 0. The highest BCUT2D eigenvalue weighted by atomic mass is 16.6. The van der Waals surface area contributed by atoms with Gasteiger partial charge in [0, 0.05) is 37.1 Å². The van der Waals surface area contributed by atoms with Crippen molar-refractivity contribution in [2.24, 2.45) is 5.92 Å². The van der Waals surface area contributed by atoms with E-state index in [-0.39, 0.29) is 18.1 Å². The minimum Gasteiger partial charge on any atom is -0.444 e. The lowest BCUT2D eigenvalue weighted by molar-refractivity contribution is 0.0127. The maximum absolute atomic E-state index is 12.9. The van der Waals surface area contributed by atoms with Crippen LogP contribution in [0.25, 0.3) is 21.9 Å². The first-order chi connectivity index (χ1) is 16.3. The van der Waals surface area contributed by atoms with E-state index in [1.165, 1.54) is 10.8 Å². The zero-order valence-corrected chi connectivity index (χ0v) is 21.5. The van der Waals surface area contributed by atoms with E-state index in [0.29, 0.717) is 29.7 Å². The normalized spacial score (nSPS) is 19.1. The number of ether oxygens (including phenoxy) is 2. The molecule has 4 rings (SSSR count). The number of nitriles is 1. The van der Waals surface area contributed by atoms with Gasteiger partial charge in [-0.15, -0.1) is 0 Å². The van der Waals surface area contributed by atoms with Crippen LogP contribution in [0.5, 0.6) is 0 Å². The molecular formula is C26H33N5O4. The molecule has 0 bridgehead atoms. The highest BCUT2D eigenvalue weighted by Crippen LogP contribution is 2.36. The Morgan fingerprint density at radius 1 is 1.11 bits per heavy atom. The van der Waals surface area contributed by atoms with Gasteiger partial charge in [-0.2, -0.15) is 5.26 Å². The summed E-state index contributed by atoms with van der Waals surface area (Å²) in [6.45, 7) is 14.2. The molecule has 2 atom stereocenters. The minimum absolute atomic E-state index is 0.0317. The molecule has 0 unspecified atom stereocenters. The van der Waals surface area contributed by atoms with Crippen molar-refractivity contribution in [2.75, 3.05) is 13.1 Å².